The molecule has 4 saturated carbocycles. The molecule has 104 valence electrons. The molecule has 1 heterocycles. The van der Waals surface area contributed by atoms with Crippen molar-refractivity contribution in [3.8, 4) is 0 Å². The highest BCUT2D eigenvalue weighted by molar-refractivity contribution is 5.10. The van der Waals surface area contributed by atoms with Gasteiger partial charge in [0, 0.05) is 12.3 Å². The van der Waals surface area contributed by atoms with Crippen LogP contribution in [0.1, 0.15) is 56.2 Å². The molecule has 0 unspecified atom stereocenters. The van der Waals surface area contributed by atoms with Crippen LogP contribution < -0.4 is 5.73 Å². The second-order valence-corrected chi connectivity index (χ2v) is 6.90. The Morgan fingerprint density at radius 1 is 1.05 bits per heavy atom. The third kappa shape index (κ3) is 2.00. The zero-order valence-corrected chi connectivity index (χ0v) is 11.4. The smallest absolute Gasteiger partial charge is 0.226 e. The number of aryl methyl sites for hydroxylation is 1. The van der Waals surface area contributed by atoms with Crippen LogP contribution in [0.25, 0.3) is 0 Å². The van der Waals surface area contributed by atoms with Crippen molar-refractivity contribution in [2.45, 2.75) is 50.9 Å². The standard InChI is InChI=1S/C15H23N3O/c16-3-1-2-13-17-15(18-19-13)14-11-5-9-4-10(7-11)8-12(14)6-9/h9-12,14H,1-8,16H2. The minimum Gasteiger partial charge on any atom is -0.339 e. The molecule has 0 atom stereocenters. The maximum Gasteiger partial charge on any atom is 0.226 e. The van der Waals surface area contributed by atoms with Crippen LogP contribution in [0, 0.1) is 23.7 Å². The number of hydrogen-bond donors (Lipinski definition) is 1. The Labute approximate surface area is 114 Å². The minimum absolute atomic E-state index is 0.586. The average Bonchev–Trinajstić information content (AvgIpc) is 2.83. The molecular weight excluding hydrogens is 238 g/mol. The molecule has 0 radical (unpaired) electrons. The summed E-state index contributed by atoms with van der Waals surface area (Å²) in [4.78, 5) is 4.66. The molecule has 4 bridgehead atoms. The van der Waals surface area contributed by atoms with Crippen molar-refractivity contribution in [2.75, 3.05) is 6.54 Å². The Hall–Kier alpha value is -0.900. The molecule has 4 heteroatoms. The number of nitrogens with two attached hydrogens (primary N) is 1. The molecule has 4 aliphatic rings. The Balaban J connectivity index is 1.54. The fourth-order valence-corrected chi connectivity index (χ4v) is 5.11. The van der Waals surface area contributed by atoms with Crippen LogP contribution in [-0.4, -0.2) is 16.7 Å². The van der Waals surface area contributed by atoms with Crippen LogP contribution in [-0.2, 0) is 6.42 Å². The van der Waals surface area contributed by atoms with E-state index in [0.717, 1.165) is 48.2 Å². The number of rotatable bonds is 4. The molecule has 0 spiro atoms. The predicted octanol–water partition coefficient (Wildman–Crippen LogP) is 2.50. The van der Waals surface area contributed by atoms with E-state index in [1.807, 2.05) is 0 Å². The van der Waals surface area contributed by atoms with Gasteiger partial charge in [-0.25, -0.2) is 0 Å². The summed E-state index contributed by atoms with van der Waals surface area (Å²) in [6.07, 6.45) is 8.89. The molecule has 4 aliphatic carbocycles. The fraction of sp³-hybridized carbons (Fsp3) is 0.867. The van der Waals surface area contributed by atoms with E-state index in [-0.39, 0.29) is 0 Å². The molecular formula is C15H23N3O. The lowest BCUT2D eigenvalue weighted by Crippen LogP contribution is -2.44. The topological polar surface area (TPSA) is 64.9 Å². The highest BCUT2D eigenvalue weighted by Gasteiger charge is 2.50. The lowest BCUT2D eigenvalue weighted by molar-refractivity contribution is -0.00629. The summed E-state index contributed by atoms with van der Waals surface area (Å²) in [5.74, 6) is 6.04. The van der Waals surface area contributed by atoms with E-state index in [1.54, 1.807) is 0 Å². The molecule has 0 aromatic carbocycles. The summed E-state index contributed by atoms with van der Waals surface area (Å²) in [6.45, 7) is 0.690. The Kier molecular flexibility index (Phi) is 2.87. The van der Waals surface area contributed by atoms with E-state index in [1.165, 1.54) is 32.1 Å². The second kappa shape index (κ2) is 4.58. The quantitative estimate of drug-likeness (QED) is 0.904. The van der Waals surface area contributed by atoms with Crippen molar-refractivity contribution in [3.63, 3.8) is 0 Å². The van der Waals surface area contributed by atoms with Gasteiger partial charge in [0.05, 0.1) is 0 Å². The number of aromatic nitrogens is 2. The maximum atomic E-state index is 5.53. The molecule has 19 heavy (non-hydrogen) atoms. The summed E-state index contributed by atoms with van der Waals surface area (Å²) in [7, 11) is 0. The van der Waals surface area contributed by atoms with E-state index in [4.69, 9.17) is 10.3 Å². The van der Waals surface area contributed by atoms with E-state index in [2.05, 4.69) is 10.1 Å². The fourth-order valence-electron chi connectivity index (χ4n) is 5.11. The zero-order valence-electron chi connectivity index (χ0n) is 11.4. The van der Waals surface area contributed by atoms with Gasteiger partial charge in [0.15, 0.2) is 5.82 Å². The first kappa shape index (κ1) is 11.9. The van der Waals surface area contributed by atoms with Crippen molar-refractivity contribution < 1.29 is 4.52 Å². The second-order valence-electron chi connectivity index (χ2n) is 6.90. The minimum atomic E-state index is 0.586. The maximum absolute atomic E-state index is 5.53. The van der Waals surface area contributed by atoms with Crippen LogP contribution >= 0.6 is 0 Å². The van der Waals surface area contributed by atoms with E-state index in [0.29, 0.717) is 12.5 Å². The van der Waals surface area contributed by atoms with Gasteiger partial charge < -0.3 is 10.3 Å². The first-order chi connectivity index (χ1) is 9.33. The van der Waals surface area contributed by atoms with Gasteiger partial charge in [0.25, 0.3) is 0 Å². The molecule has 5 rings (SSSR count). The Bertz CT molecular complexity index is 428. The molecule has 1 aromatic rings. The molecule has 1 aromatic heterocycles. The van der Waals surface area contributed by atoms with E-state index >= 15 is 0 Å². The highest BCUT2D eigenvalue weighted by Crippen LogP contribution is 2.59. The Morgan fingerprint density at radius 2 is 1.74 bits per heavy atom. The summed E-state index contributed by atoms with van der Waals surface area (Å²) in [5, 5.41) is 4.29. The van der Waals surface area contributed by atoms with Gasteiger partial charge in [-0.05, 0) is 68.7 Å². The van der Waals surface area contributed by atoms with Gasteiger partial charge in [0.2, 0.25) is 5.89 Å². The number of hydrogen-bond acceptors (Lipinski definition) is 4. The first-order valence-corrected chi connectivity index (χ1v) is 7.86. The van der Waals surface area contributed by atoms with Crippen LogP contribution in [0.3, 0.4) is 0 Å². The average molecular weight is 261 g/mol. The van der Waals surface area contributed by atoms with E-state index < -0.39 is 0 Å². The van der Waals surface area contributed by atoms with Gasteiger partial charge in [0.1, 0.15) is 0 Å². The van der Waals surface area contributed by atoms with Crippen molar-refractivity contribution in [1.82, 2.24) is 10.1 Å². The monoisotopic (exact) mass is 261 g/mol. The molecule has 4 nitrogen and oxygen atoms in total. The highest BCUT2D eigenvalue weighted by atomic mass is 16.5. The lowest BCUT2D eigenvalue weighted by Gasteiger charge is -2.53. The van der Waals surface area contributed by atoms with Gasteiger partial charge >= 0.3 is 0 Å². The van der Waals surface area contributed by atoms with Crippen LogP contribution in [0.15, 0.2) is 4.52 Å². The van der Waals surface area contributed by atoms with Crippen molar-refractivity contribution in [3.05, 3.63) is 11.7 Å². The largest absolute Gasteiger partial charge is 0.339 e. The SMILES string of the molecule is NCCCc1nc(C2C3CC4CC(C3)CC2C4)no1. The molecule has 0 saturated heterocycles. The zero-order chi connectivity index (χ0) is 12.8. The molecule has 4 fully saturated rings. The Morgan fingerprint density at radius 3 is 2.37 bits per heavy atom. The summed E-state index contributed by atoms with van der Waals surface area (Å²) >= 11 is 0. The third-order valence-corrected chi connectivity index (χ3v) is 5.60. The van der Waals surface area contributed by atoms with Crippen molar-refractivity contribution in [2.24, 2.45) is 29.4 Å². The lowest BCUT2D eigenvalue weighted by atomic mass is 9.52. The van der Waals surface area contributed by atoms with Crippen molar-refractivity contribution in [1.29, 1.82) is 0 Å². The summed E-state index contributed by atoms with van der Waals surface area (Å²) < 4.78 is 5.41. The van der Waals surface area contributed by atoms with Gasteiger partial charge in [-0.1, -0.05) is 5.16 Å². The number of nitrogens with zero attached hydrogens (tertiary/aromatic N) is 2. The summed E-state index contributed by atoms with van der Waals surface area (Å²) in [5.41, 5.74) is 5.53. The predicted molar refractivity (Wildman–Crippen MR) is 71.5 cm³/mol. The van der Waals surface area contributed by atoms with Crippen LogP contribution in [0.4, 0.5) is 0 Å². The summed E-state index contributed by atoms with van der Waals surface area (Å²) in [6, 6.07) is 0. The van der Waals surface area contributed by atoms with Crippen molar-refractivity contribution >= 4 is 0 Å². The molecule has 2 N–H and O–H groups in total. The molecule has 0 amide bonds. The third-order valence-electron chi connectivity index (χ3n) is 5.60. The van der Waals surface area contributed by atoms with Gasteiger partial charge in [-0.15, -0.1) is 0 Å². The van der Waals surface area contributed by atoms with Crippen LogP contribution in [0.5, 0.6) is 0 Å². The van der Waals surface area contributed by atoms with Gasteiger partial charge in [-0.2, -0.15) is 4.98 Å². The normalized spacial score (nSPS) is 39.9. The first-order valence-electron chi connectivity index (χ1n) is 7.86. The molecule has 0 aliphatic heterocycles. The van der Waals surface area contributed by atoms with Gasteiger partial charge in [-0.3, -0.25) is 0 Å². The van der Waals surface area contributed by atoms with Crippen LogP contribution in [0.2, 0.25) is 0 Å². The van der Waals surface area contributed by atoms with E-state index in [9.17, 15) is 0 Å².